The van der Waals surface area contributed by atoms with Crippen molar-refractivity contribution >= 4 is 17.7 Å². The van der Waals surface area contributed by atoms with Crippen LogP contribution in [0.1, 0.15) is 39.0 Å². The number of carbonyl (C=O) groups excluding carboxylic acids is 2. The van der Waals surface area contributed by atoms with Gasteiger partial charge in [0, 0.05) is 25.2 Å². The molecule has 1 aromatic carbocycles. The van der Waals surface area contributed by atoms with Gasteiger partial charge in [-0.15, -0.1) is 0 Å². The highest BCUT2D eigenvalue weighted by Crippen LogP contribution is 2.40. The fourth-order valence-electron chi connectivity index (χ4n) is 3.59. The molecule has 1 aliphatic carbocycles. The highest BCUT2D eigenvalue weighted by atomic mass is 19.1. The SMILES string of the molecule is CCNC(=O)NC1(CC2CC2)CCN(C(=O)Nc2ccccc2F)CC1. The summed E-state index contributed by atoms with van der Waals surface area (Å²) in [7, 11) is 0. The van der Waals surface area contributed by atoms with Gasteiger partial charge in [0.25, 0.3) is 0 Å². The minimum atomic E-state index is -0.446. The fourth-order valence-corrected chi connectivity index (χ4v) is 3.59. The number of rotatable bonds is 5. The number of anilines is 1. The first-order valence-electron chi connectivity index (χ1n) is 9.38. The number of hydrogen-bond donors (Lipinski definition) is 3. The summed E-state index contributed by atoms with van der Waals surface area (Å²) in [6.07, 6.45) is 4.83. The summed E-state index contributed by atoms with van der Waals surface area (Å²) < 4.78 is 13.7. The van der Waals surface area contributed by atoms with Gasteiger partial charge in [-0.1, -0.05) is 25.0 Å². The Bertz CT molecular complexity index is 655. The molecule has 0 bridgehead atoms. The van der Waals surface area contributed by atoms with Crippen molar-refractivity contribution in [2.75, 3.05) is 25.0 Å². The molecule has 1 aliphatic heterocycles. The van der Waals surface area contributed by atoms with Crippen molar-refractivity contribution in [2.24, 2.45) is 5.92 Å². The lowest BCUT2D eigenvalue weighted by molar-refractivity contribution is 0.141. The van der Waals surface area contributed by atoms with E-state index < -0.39 is 5.82 Å². The fraction of sp³-hybridized carbons (Fsp3) is 0.579. The van der Waals surface area contributed by atoms with Crippen LogP contribution in [0.2, 0.25) is 0 Å². The van der Waals surface area contributed by atoms with E-state index in [1.54, 1.807) is 23.1 Å². The van der Waals surface area contributed by atoms with Gasteiger partial charge in [-0.25, -0.2) is 14.0 Å². The quantitative estimate of drug-likeness (QED) is 0.752. The molecular weight excluding hydrogens is 335 g/mol. The number of halogens is 1. The number of piperidine rings is 1. The molecular formula is C19H27FN4O2. The zero-order valence-corrected chi connectivity index (χ0v) is 15.2. The summed E-state index contributed by atoms with van der Waals surface area (Å²) in [4.78, 5) is 26.2. The molecule has 6 nitrogen and oxygen atoms in total. The van der Waals surface area contributed by atoms with Crippen molar-refractivity contribution in [3.8, 4) is 0 Å². The van der Waals surface area contributed by atoms with Crippen molar-refractivity contribution in [1.82, 2.24) is 15.5 Å². The maximum Gasteiger partial charge on any atom is 0.321 e. The molecule has 1 aromatic rings. The van der Waals surface area contributed by atoms with Crippen LogP contribution in [0.3, 0.4) is 0 Å². The molecule has 0 spiro atoms. The number of nitrogens with one attached hydrogen (secondary N) is 3. The lowest BCUT2D eigenvalue weighted by Gasteiger charge is -2.42. The van der Waals surface area contributed by atoms with E-state index in [1.165, 1.54) is 18.9 Å². The molecule has 7 heteroatoms. The Morgan fingerprint density at radius 3 is 2.54 bits per heavy atom. The Labute approximate surface area is 153 Å². The number of para-hydroxylation sites is 1. The lowest BCUT2D eigenvalue weighted by atomic mass is 9.82. The maximum atomic E-state index is 13.7. The van der Waals surface area contributed by atoms with Crippen molar-refractivity contribution in [3.63, 3.8) is 0 Å². The van der Waals surface area contributed by atoms with Crippen molar-refractivity contribution in [1.29, 1.82) is 0 Å². The largest absolute Gasteiger partial charge is 0.338 e. The van der Waals surface area contributed by atoms with E-state index in [0.717, 1.165) is 6.42 Å². The van der Waals surface area contributed by atoms with Crippen molar-refractivity contribution < 1.29 is 14.0 Å². The van der Waals surface area contributed by atoms with E-state index in [1.807, 2.05) is 6.92 Å². The average Bonchev–Trinajstić information content (AvgIpc) is 3.41. The third kappa shape index (κ3) is 4.65. The summed E-state index contributed by atoms with van der Waals surface area (Å²) in [5.74, 6) is 0.231. The van der Waals surface area contributed by atoms with Crippen LogP contribution in [-0.2, 0) is 0 Å². The summed E-state index contributed by atoms with van der Waals surface area (Å²) in [6.45, 7) is 3.56. The van der Waals surface area contributed by atoms with E-state index in [9.17, 15) is 14.0 Å². The van der Waals surface area contributed by atoms with Crippen LogP contribution < -0.4 is 16.0 Å². The van der Waals surface area contributed by atoms with Gasteiger partial charge in [0.1, 0.15) is 5.82 Å². The molecule has 3 rings (SSSR count). The van der Waals surface area contributed by atoms with Crippen LogP contribution in [0, 0.1) is 11.7 Å². The van der Waals surface area contributed by atoms with Crippen LogP contribution in [0.4, 0.5) is 19.7 Å². The highest BCUT2D eigenvalue weighted by Gasteiger charge is 2.41. The summed E-state index contributed by atoms with van der Waals surface area (Å²) >= 11 is 0. The molecule has 4 amide bonds. The third-order valence-electron chi connectivity index (χ3n) is 5.22. The molecule has 0 radical (unpaired) electrons. The highest BCUT2D eigenvalue weighted by molar-refractivity contribution is 5.89. The molecule has 3 N–H and O–H groups in total. The number of benzene rings is 1. The third-order valence-corrected chi connectivity index (χ3v) is 5.22. The number of likely N-dealkylation sites (tertiary alicyclic amines) is 1. The van der Waals surface area contributed by atoms with E-state index >= 15 is 0 Å². The van der Waals surface area contributed by atoms with Gasteiger partial charge in [-0.05, 0) is 44.2 Å². The summed E-state index contributed by atoms with van der Waals surface area (Å²) in [6, 6.07) is 5.70. The van der Waals surface area contributed by atoms with E-state index in [-0.39, 0.29) is 23.3 Å². The molecule has 1 saturated carbocycles. The van der Waals surface area contributed by atoms with Crippen LogP contribution in [0.15, 0.2) is 24.3 Å². The van der Waals surface area contributed by atoms with Gasteiger partial charge in [0.05, 0.1) is 5.69 Å². The van der Waals surface area contributed by atoms with E-state index in [4.69, 9.17) is 0 Å². The van der Waals surface area contributed by atoms with Gasteiger partial charge in [-0.3, -0.25) is 0 Å². The number of amides is 4. The summed E-state index contributed by atoms with van der Waals surface area (Å²) in [5.41, 5.74) is -0.0670. The van der Waals surface area contributed by atoms with Gasteiger partial charge in [0.15, 0.2) is 0 Å². The number of urea groups is 2. The minimum absolute atomic E-state index is 0.141. The Morgan fingerprint density at radius 1 is 1.23 bits per heavy atom. The zero-order valence-electron chi connectivity index (χ0n) is 15.2. The summed E-state index contributed by atoms with van der Waals surface area (Å²) in [5, 5.41) is 8.59. The maximum absolute atomic E-state index is 13.7. The molecule has 2 aliphatic rings. The van der Waals surface area contributed by atoms with Gasteiger partial charge < -0.3 is 20.9 Å². The number of nitrogens with zero attached hydrogens (tertiary/aromatic N) is 1. The second-order valence-corrected chi connectivity index (χ2v) is 7.31. The van der Waals surface area contributed by atoms with Crippen molar-refractivity contribution in [2.45, 2.75) is 44.6 Å². The van der Waals surface area contributed by atoms with Gasteiger partial charge in [0.2, 0.25) is 0 Å². The van der Waals surface area contributed by atoms with E-state index in [2.05, 4.69) is 16.0 Å². The Morgan fingerprint density at radius 2 is 1.92 bits per heavy atom. The Kier molecular flexibility index (Phi) is 5.64. The minimum Gasteiger partial charge on any atom is -0.338 e. The topological polar surface area (TPSA) is 73.5 Å². The second kappa shape index (κ2) is 7.93. The first-order chi connectivity index (χ1) is 12.5. The Balaban J connectivity index is 1.58. The van der Waals surface area contributed by atoms with Gasteiger partial charge in [-0.2, -0.15) is 0 Å². The molecule has 1 heterocycles. The van der Waals surface area contributed by atoms with Crippen molar-refractivity contribution in [3.05, 3.63) is 30.1 Å². The smallest absolute Gasteiger partial charge is 0.321 e. The molecule has 26 heavy (non-hydrogen) atoms. The number of hydrogen-bond acceptors (Lipinski definition) is 2. The monoisotopic (exact) mass is 362 g/mol. The normalized spacial score (nSPS) is 18.9. The number of carbonyl (C=O) groups is 2. The second-order valence-electron chi connectivity index (χ2n) is 7.31. The molecule has 0 aromatic heterocycles. The zero-order chi connectivity index (χ0) is 18.6. The Hall–Kier alpha value is -2.31. The molecule has 2 fully saturated rings. The standard InChI is InChI=1S/C19H27FN4O2/c1-2-21-17(25)23-19(13-14-7-8-14)9-11-24(12-10-19)18(26)22-16-6-4-3-5-15(16)20/h3-6,14H,2,7-13H2,1H3,(H,22,26)(H2,21,23,25). The molecule has 1 saturated heterocycles. The first kappa shape index (κ1) is 18.5. The lowest BCUT2D eigenvalue weighted by Crippen LogP contribution is -2.58. The van der Waals surface area contributed by atoms with Crippen LogP contribution in [0.25, 0.3) is 0 Å². The molecule has 142 valence electrons. The predicted octanol–water partition coefficient (Wildman–Crippen LogP) is 3.31. The van der Waals surface area contributed by atoms with Crippen LogP contribution in [-0.4, -0.2) is 42.1 Å². The molecule has 0 atom stereocenters. The van der Waals surface area contributed by atoms with Crippen LogP contribution in [0.5, 0.6) is 0 Å². The van der Waals surface area contributed by atoms with Crippen LogP contribution >= 0.6 is 0 Å². The molecule has 0 unspecified atom stereocenters. The van der Waals surface area contributed by atoms with E-state index in [0.29, 0.717) is 38.4 Å². The average molecular weight is 362 g/mol. The van der Waals surface area contributed by atoms with Gasteiger partial charge >= 0.3 is 12.1 Å². The first-order valence-corrected chi connectivity index (χ1v) is 9.38. The predicted molar refractivity (Wildman–Crippen MR) is 98.5 cm³/mol.